The summed E-state index contributed by atoms with van der Waals surface area (Å²) in [4.78, 5) is 0. The number of nitrogens with one attached hydrogen (secondary N) is 1. The number of thioether (sulfide) groups is 1. The van der Waals surface area contributed by atoms with Gasteiger partial charge in [0.05, 0.1) is 6.61 Å². The summed E-state index contributed by atoms with van der Waals surface area (Å²) >= 11 is 1.92. The van der Waals surface area contributed by atoms with E-state index in [1.165, 1.54) is 19.3 Å². The van der Waals surface area contributed by atoms with Gasteiger partial charge >= 0.3 is 0 Å². The van der Waals surface area contributed by atoms with Gasteiger partial charge in [0, 0.05) is 17.0 Å². The lowest BCUT2D eigenvalue weighted by Crippen LogP contribution is -2.40. The first-order valence-electron chi connectivity index (χ1n) is 5.17. The molecule has 0 bridgehead atoms. The molecule has 0 aromatic heterocycles. The molecule has 0 radical (unpaired) electrons. The fraction of sp³-hybridized carbons (Fsp3) is 1.00. The van der Waals surface area contributed by atoms with Crippen LogP contribution < -0.4 is 5.32 Å². The number of hydrogen-bond acceptors (Lipinski definition) is 3. The van der Waals surface area contributed by atoms with Crippen molar-refractivity contribution in [3.05, 3.63) is 0 Å². The normalized spacial score (nSPS) is 34.8. The summed E-state index contributed by atoms with van der Waals surface area (Å²) in [6.45, 7) is 2.64. The summed E-state index contributed by atoms with van der Waals surface area (Å²) in [5.41, 5.74) is 0. The van der Waals surface area contributed by atoms with Crippen molar-refractivity contribution in [1.29, 1.82) is 0 Å². The van der Waals surface area contributed by atoms with Crippen LogP contribution in [0.5, 0.6) is 0 Å². The summed E-state index contributed by atoms with van der Waals surface area (Å²) in [5, 5.41) is 12.9. The lowest BCUT2D eigenvalue weighted by atomic mass is 9.87. The summed E-state index contributed by atoms with van der Waals surface area (Å²) in [6, 6.07) is 0.660. The van der Waals surface area contributed by atoms with Crippen LogP contribution in [0, 0.1) is 5.92 Å². The highest BCUT2D eigenvalue weighted by Crippen LogP contribution is 2.31. The highest BCUT2D eigenvalue weighted by molar-refractivity contribution is 7.99. The van der Waals surface area contributed by atoms with Crippen LogP contribution in [0.25, 0.3) is 0 Å². The fourth-order valence-corrected chi connectivity index (χ4v) is 3.42. The Bertz CT molecular complexity index is 143. The minimum Gasteiger partial charge on any atom is -0.396 e. The first-order chi connectivity index (χ1) is 6.27. The molecule has 1 rings (SSSR count). The highest BCUT2D eigenvalue weighted by atomic mass is 32.2. The van der Waals surface area contributed by atoms with E-state index in [9.17, 15) is 0 Å². The smallest absolute Gasteiger partial charge is 0.0521 e. The van der Waals surface area contributed by atoms with Crippen molar-refractivity contribution < 1.29 is 5.11 Å². The van der Waals surface area contributed by atoms with Gasteiger partial charge < -0.3 is 10.4 Å². The minimum absolute atomic E-state index is 0.311. The molecule has 78 valence electrons. The average molecular weight is 203 g/mol. The van der Waals surface area contributed by atoms with Gasteiger partial charge in [-0.15, -0.1) is 0 Å². The maximum atomic E-state index is 8.78. The van der Waals surface area contributed by atoms with Crippen LogP contribution in [0.15, 0.2) is 0 Å². The van der Waals surface area contributed by atoms with Crippen LogP contribution in [-0.4, -0.2) is 35.8 Å². The molecule has 0 saturated heterocycles. The average Bonchev–Trinajstić information content (AvgIpc) is 2.15. The molecule has 2 nitrogen and oxygen atoms in total. The lowest BCUT2D eigenvalue weighted by Gasteiger charge is -2.34. The monoisotopic (exact) mass is 203 g/mol. The van der Waals surface area contributed by atoms with E-state index in [4.69, 9.17) is 5.11 Å². The molecule has 0 aromatic carbocycles. The molecular formula is C10H21NOS. The van der Waals surface area contributed by atoms with Gasteiger partial charge in [0.15, 0.2) is 0 Å². The summed E-state index contributed by atoms with van der Waals surface area (Å²) in [7, 11) is 2.05. The Kier molecular flexibility index (Phi) is 5.14. The zero-order valence-corrected chi connectivity index (χ0v) is 9.44. The fourth-order valence-electron chi connectivity index (χ4n) is 2.05. The molecule has 0 heterocycles. The Morgan fingerprint density at radius 2 is 2.23 bits per heavy atom. The van der Waals surface area contributed by atoms with E-state index in [0.717, 1.165) is 11.7 Å². The van der Waals surface area contributed by atoms with Gasteiger partial charge in [0.1, 0.15) is 0 Å². The Labute approximate surface area is 85.5 Å². The number of rotatable bonds is 4. The van der Waals surface area contributed by atoms with E-state index in [2.05, 4.69) is 12.2 Å². The van der Waals surface area contributed by atoms with E-state index in [-0.39, 0.29) is 0 Å². The predicted molar refractivity (Wildman–Crippen MR) is 59.2 cm³/mol. The second-order valence-electron chi connectivity index (χ2n) is 3.95. The van der Waals surface area contributed by atoms with Crippen molar-refractivity contribution in [3.63, 3.8) is 0 Å². The van der Waals surface area contributed by atoms with Crippen molar-refractivity contribution in [3.8, 4) is 0 Å². The molecule has 1 aliphatic carbocycles. The van der Waals surface area contributed by atoms with E-state index in [0.29, 0.717) is 17.9 Å². The third-order valence-electron chi connectivity index (χ3n) is 2.85. The van der Waals surface area contributed by atoms with E-state index in [1.807, 2.05) is 18.8 Å². The molecule has 13 heavy (non-hydrogen) atoms. The Hall–Kier alpha value is 0.270. The van der Waals surface area contributed by atoms with Crippen LogP contribution in [-0.2, 0) is 0 Å². The molecule has 0 aromatic rings. The van der Waals surface area contributed by atoms with Crippen LogP contribution in [0.3, 0.4) is 0 Å². The van der Waals surface area contributed by atoms with Gasteiger partial charge in [-0.1, -0.05) is 6.92 Å². The van der Waals surface area contributed by atoms with Crippen molar-refractivity contribution >= 4 is 11.8 Å². The molecular weight excluding hydrogens is 182 g/mol. The van der Waals surface area contributed by atoms with Crippen LogP contribution in [0.2, 0.25) is 0 Å². The molecule has 0 aliphatic heterocycles. The zero-order chi connectivity index (χ0) is 9.68. The minimum atomic E-state index is 0.311. The maximum absolute atomic E-state index is 8.78. The van der Waals surface area contributed by atoms with E-state index in [1.54, 1.807) is 0 Å². The molecule has 1 saturated carbocycles. The van der Waals surface area contributed by atoms with Crippen molar-refractivity contribution in [2.75, 3.05) is 19.4 Å². The first-order valence-corrected chi connectivity index (χ1v) is 6.22. The second-order valence-corrected chi connectivity index (χ2v) is 5.29. The summed E-state index contributed by atoms with van der Waals surface area (Å²) in [6.07, 6.45) is 3.94. The quantitative estimate of drug-likeness (QED) is 0.726. The number of hydrogen-bond donors (Lipinski definition) is 2. The Morgan fingerprint density at radius 1 is 1.46 bits per heavy atom. The molecule has 1 fully saturated rings. The highest BCUT2D eigenvalue weighted by Gasteiger charge is 2.27. The standard InChI is InChI=1S/C10H21NOS/c1-8-3-4-9(11-2)10(7-8)13-6-5-12/h8-12H,3-7H2,1-2H3. The molecule has 3 unspecified atom stereocenters. The number of aliphatic hydroxyl groups excluding tert-OH is 1. The van der Waals surface area contributed by atoms with Gasteiger partial charge in [-0.25, -0.2) is 0 Å². The SMILES string of the molecule is CNC1CCC(C)CC1SCCO. The van der Waals surface area contributed by atoms with Crippen molar-refractivity contribution in [2.24, 2.45) is 5.92 Å². The van der Waals surface area contributed by atoms with Gasteiger partial charge in [-0.05, 0) is 32.2 Å². The Balaban J connectivity index is 2.35. The molecule has 0 amide bonds. The third kappa shape index (κ3) is 3.49. The second kappa shape index (κ2) is 5.89. The topological polar surface area (TPSA) is 32.3 Å². The zero-order valence-electron chi connectivity index (χ0n) is 8.62. The molecule has 3 atom stereocenters. The van der Waals surface area contributed by atoms with Crippen LogP contribution in [0.4, 0.5) is 0 Å². The molecule has 1 aliphatic rings. The maximum Gasteiger partial charge on any atom is 0.0521 e. The Morgan fingerprint density at radius 3 is 2.85 bits per heavy atom. The molecule has 3 heteroatoms. The molecule has 2 N–H and O–H groups in total. The van der Waals surface area contributed by atoms with Gasteiger partial charge in [-0.3, -0.25) is 0 Å². The van der Waals surface area contributed by atoms with Gasteiger partial charge in [-0.2, -0.15) is 11.8 Å². The largest absolute Gasteiger partial charge is 0.396 e. The summed E-state index contributed by atoms with van der Waals surface area (Å²) < 4.78 is 0. The summed E-state index contributed by atoms with van der Waals surface area (Å²) in [5.74, 6) is 1.75. The molecule has 0 spiro atoms. The van der Waals surface area contributed by atoms with Crippen LogP contribution >= 0.6 is 11.8 Å². The van der Waals surface area contributed by atoms with E-state index < -0.39 is 0 Å². The van der Waals surface area contributed by atoms with Crippen molar-refractivity contribution in [1.82, 2.24) is 5.32 Å². The van der Waals surface area contributed by atoms with E-state index >= 15 is 0 Å². The predicted octanol–water partition coefficient (Wildman–Crippen LogP) is 1.49. The van der Waals surface area contributed by atoms with Gasteiger partial charge in [0.25, 0.3) is 0 Å². The third-order valence-corrected chi connectivity index (χ3v) is 4.22. The lowest BCUT2D eigenvalue weighted by molar-refractivity contribution is 0.316. The van der Waals surface area contributed by atoms with Crippen molar-refractivity contribution in [2.45, 2.75) is 37.5 Å². The van der Waals surface area contributed by atoms with Crippen LogP contribution in [0.1, 0.15) is 26.2 Å². The number of aliphatic hydroxyl groups is 1. The van der Waals surface area contributed by atoms with Gasteiger partial charge in [0.2, 0.25) is 0 Å². The first kappa shape index (κ1) is 11.3.